The molecule has 0 atom stereocenters. The summed E-state index contributed by atoms with van der Waals surface area (Å²) in [7, 11) is 0. The smallest absolute Gasteiger partial charge is 0.422 e. The second-order valence-electron chi connectivity index (χ2n) is 6.43. The fraction of sp³-hybridized carbons (Fsp3) is 0.190. The molecule has 0 aliphatic carbocycles. The summed E-state index contributed by atoms with van der Waals surface area (Å²) in [5.74, 6) is -0.696. The third-order valence-corrected chi connectivity index (χ3v) is 4.49. The van der Waals surface area contributed by atoms with Crippen molar-refractivity contribution in [2.75, 3.05) is 11.9 Å². The van der Waals surface area contributed by atoms with Crippen LogP contribution < -0.4 is 10.1 Å². The molecule has 10 heteroatoms. The van der Waals surface area contributed by atoms with E-state index >= 15 is 0 Å². The zero-order valence-electron chi connectivity index (χ0n) is 16.2. The zero-order valence-corrected chi connectivity index (χ0v) is 17.0. The third-order valence-electron chi connectivity index (χ3n) is 4.25. The summed E-state index contributed by atoms with van der Waals surface area (Å²) < 4.78 is 43.3. The summed E-state index contributed by atoms with van der Waals surface area (Å²) in [5, 5.41) is 16.6. The van der Waals surface area contributed by atoms with Gasteiger partial charge in [0.25, 0.3) is 5.91 Å². The maximum absolute atomic E-state index is 12.8. The molecule has 0 bridgehead atoms. The molecule has 0 radical (unpaired) electrons. The second-order valence-corrected chi connectivity index (χ2v) is 6.87. The normalized spacial score (nSPS) is 11.1. The van der Waals surface area contributed by atoms with Crippen molar-refractivity contribution >= 4 is 23.2 Å². The Morgan fingerprint density at radius 3 is 2.71 bits per heavy atom. The minimum Gasteiger partial charge on any atom is -0.483 e. The first-order chi connectivity index (χ1) is 14.7. The fourth-order valence-electron chi connectivity index (χ4n) is 2.91. The van der Waals surface area contributed by atoms with Crippen LogP contribution in [0.1, 0.15) is 28.5 Å². The lowest BCUT2D eigenvalue weighted by Crippen LogP contribution is -2.19. The van der Waals surface area contributed by atoms with Gasteiger partial charge in [-0.25, -0.2) is 4.68 Å². The van der Waals surface area contributed by atoms with Gasteiger partial charge in [-0.15, -0.1) is 0 Å². The zero-order chi connectivity index (χ0) is 22.6. The van der Waals surface area contributed by atoms with E-state index in [9.17, 15) is 23.2 Å². The third kappa shape index (κ3) is 5.35. The molecule has 31 heavy (non-hydrogen) atoms. The predicted molar refractivity (Wildman–Crippen MR) is 109 cm³/mol. The number of hydrogen-bond donors (Lipinski definition) is 1. The van der Waals surface area contributed by atoms with Gasteiger partial charge in [-0.1, -0.05) is 24.6 Å². The lowest BCUT2D eigenvalue weighted by Gasteiger charge is -2.12. The van der Waals surface area contributed by atoms with E-state index < -0.39 is 18.7 Å². The van der Waals surface area contributed by atoms with Crippen molar-refractivity contribution in [1.82, 2.24) is 9.78 Å². The highest BCUT2D eigenvalue weighted by Crippen LogP contribution is 2.26. The van der Waals surface area contributed by atoms with Crippen LogP contribution in [0, 0.1) is 11.3 Å². The molecule has 0 spiro atoms. The van der Waals surface area contributed by atoms with Crippen molar-refractivity contribution in [3.8, 4) is 17.5 Å². The highest BCUT2D eigenvalue weighted by Gasteiger charge is 2.29. The Hall–Kier alpha value is -3.51. The van der Waals surface area contributed by atoms with Gasteiger partial charge in [0.05, 0.1) is 28.7 Å². The van der Waals surface area contributed by atoms with Gasteiger partial charge in [0.2, 0.25) is 0 Å². The Labute approximate surface area is 180 Å². The number of alkyl halides is 3. The first kappa shape index (κ1) is 22.2. The van der Waals surface area contributed by atoms with Gasteiger partial charge in [0.1, 0.15) is 11.8 Å². The maximum Gasteiger partial charge on any atom is 0.422 e. The van der Waals surface area contributed by atoms with Gasteiger partial charge < -0.3 is 10.1 Å². The van der Waals surface area contributed by atoms with Crippen LogP contribution in [0.5, 0.6) is 5.75 Å². The van der Waals surface area contributed by atoms with Crippen molar-refractivity contribution < 1.29 is 22.7 Å². The van der Waals surface area contributed by atoms with Crippen LogP contribution in [0.2, 0.25) is 5.02 Å². The standard InChI is InChI=1S/C21H16ClF3N4O2/c1-2-18-17(11-27-29(18)16-5-3-4-14(22)9-16)20(30)28-15-6-7-19(13(8-15)10-26)31-12-21(23,24)25/h3-9,11H,2,12H2,1H3,(H,28,30). The Balaban J connectivity index is 1.83. The molecule has 0 saturated heterocycles. The lowest BCUT2D eigenvalue weighted by molar-refractivity contribution is -0.153. The van der Waals surface area contributed by atoms with E-state index in [0.29, 0.717) is 28.4 Å². The number of halogens is 4. The average molecular weight is 449 g/mol. The van der Waals surface area contributed by atoms with E-state index in [1.807, 2.05) is 6.92 Å². The Morgan fingerprint density at radius 2 is 2.06 bits per heavy atom. The number of nitriles is 1. The molecule has 2 aromatic carbocycles. The molecule has 1 heterocycles. The lowest BCUT2D eigenvalue weighted by atomic mass is 10.1. The molecule has 0 aliphatic heterocycles. The molecule has 1 N–H and O–H groups in total. The number of amides is 1. The molecule has 0 aliphatic rings. The molecule has 6 nitrogen and oxygen atoms in total. The summed E-state index contributed by atoms with van der Waals surface area (Å²) in [6.07, 6.45) is -2.61. The molecule has 0 fully saturated rings. The van der Waals surface area contributed by atoms with E-state index in [4.69, 9.17) is 11.6 Å². The second kappa shape index (κ2) is 9.10. The topological polar surface area (TPSA) is 79.9 Å². The van der Waals surface area contributed by atoms with E-state index in [1.165, 1.54) is 24.4 Å². The summed E-state index contributed by atoms with van der Waals surface area (Å²) in [5.41, 5.74) is 1.76. The van der Waals surface area contributed by atoms with Crippen molar-refractivity contribution in [2.45, 2.75) is 19.5 Å². The number of anilines is 1. The summed E-state index contributed by atoms with van der Waals surface area (Å²) in [4.78, 5) is 12.8. The van der Waals surface area contributed by atoms with Crippen molar-refractivity contribution in [2.24, 2.45) is 0 Å². The summed E-state index contributed by atoms with van der Waals surface area (Å²) in [6, 6.07) is 12.6. The van der Waals surface area contributed by atoms with Crippen LogP contribution in [0.4, 0.5) is 18.9 Å². The molecule has 3 rings (SSSR count). The number of aromatic nitrogens is 2. The number of nitrogens with zero attached hydrogens (tertiary/aromatic N) is 3. The number of benzene rings is 2. The quantitative estimate of drug-likeness (QED) is 0.565. The molecular weight excluding hydrogens is 433 g/mol. The minimum atomic E-state index is -4.53. The number of carbonyl (C=O) groups is 1. The number of hydrogen-bond acceptors (Lipinski definition) is 4. The van der Waals surface area contributed by atoms with Crippen molar-refractivity contribution in [3.63, 3.8) is 0 Å². The fourth-order valence-corrected chi connectivity index (χ4v) is 3.10. The van der Waals surface area contributed by atoms with Gasteiger partial charge in [-0.05, 0) is 42.8 Å². The molecule has 0 saturated carbocycles. The Morgan fingerprint density at radius 1 is 1.29 bits per heavy atom. The maximum atomic E-state index is 12.8. The van der Waals surface area contributed by atoms with Gasteiger partial charge in [-0.3, -0.25) is 4.79 Å². The predicted octanol–water partition coefficient (Wildman–Crippen LogP) is 5.15. The van der Waals surface area contributed by atoms with Crippen molar-refractivity contribution in [1.29, 1.82) is 5.26 Å². The van der Waals surface area contributed by atoms with Crippen LogP contribution in [0.15, 0.2) is 48.7 Å². The van der Waals surface area contributed by atoms with Gasteiger partial charge in [0, 0.05) is 10.7 Å². The largest absolute Gasteiger partial charge is 0.483 e. The molecular formula is C21H16ClF3N4O2. The van der Waals surface area contributed by atoms with Gasteiger partial charge in [-0.2, -0.15) is 23.5 Å². The van der Waals surface area contributed by atoms with Gasteiger partial charge >= 0.3 is 6.18 Å². The average Bonchev–Trinajstić information content (AvgIpc) is 3.16. The van der Waals surface area contributed by atoms with E-state index in [2.05, 4.69) is 15.2 Å². The molecule has 3 aromatic rings. The van der Waals surface area contributed by atoms with E-state index in [-0.39, 0.29) is 17.0 Å². The Bertz CT molecular complexity index is 1150. The van der Waals surface area contributed by atoms with Crippen LogP contribution >= 0.6 is 11.6 Å². The molecule has 1 aromatic heterocycles. The molecule has 160 valence electrons. The number of carbonyl (C=O) groups excluding carboxylic acids is 1. The highest BCUT2D eigenvalue weighted by atomic mass is 35.5. The summed E-state index contributed by atoms with van der Waals surface area (Å²) >= 11 is 6.04. The van der Waals surface area contributed by atoms with Crippen LogP contribution in [-0.4, -0.2) is 28.5 Å². The minimum absolute atomic E-state index is 0.132. The molecule has 0 unspecified atom stereocenters. The van der Waals surface area contributed by atoms with Crippen LogP contribution in [0.25, 0.3) is 5.69 Å². The first-order valence-corrected chi connectivity index (χ1v) is 9.47. The molecule has 1 amide bonds. The number of nitrogens with one attached hydrogen (secondary N) is 1. The van der Waals surface area contributed by atoms with Crippen molar-refractivity contribution in [3.05, 3.63) is 70.5 Å². The number of rotatable bonds is 6. The first-order valence-electron chi connectivity index (χ1n) is 9.09. The van der Waals surface area contributed by atoms with E-state index in [1.54, 1.807) is 35.0 Å². The summed E-state index contributed by atoms with van der Waals surface area (Å²) in [6.45, 7) is 0.353. The van der Waals surface area contributed by atoms with Crippen LogP contribution in [0.3, 0.4) is 0 Å². The van der Waals surface area contributed by atoms with Crippen LogP contribution in [-0.2, 0) is 6.42 Å². The highest BCUT2D eigenvalue weighted by molar-refractivity contribution is 6.30. The Kier molecular flexibility index (Phi) is 6.51. The van der Waals surface area contributed by atoms with Gasteiger partial charge in [0.15, 0.2) is 6.61 Å². The SMILES string of the molecule is CCc1c(C(=O)Nc2ccc(OCC(F)(F)F)c(C#N)c2)cnn1-c1cccc(Cl)c1. The van der Waals surface area contributed by atoms with E-state index in [0.717, 1.165) is 0 Å². The number of ether oxygens (including phenoxy) is 1. The monoisotopic (exact) mass is 448 g/mol.